The Balaban J connectivity index is 2.16. The highest BCUT2D eigenvalue weighted by molar-refractivity contribution is 5.91. The Morgan fingerprint density at radius 1 is 1.43 bits per heavy atom. The largest absolute Gasteiger partial charge is 0.461 e. The van der Waals surface area contributed by atoms with Crippen LogP contribution in [0.1, 0.15) is 46.5 Å². The minimum Gasteiger partial charge on any atom is -0.461 e. The standard InChI is InChI=1S/C19H26O4/c1-12(2)18(20)22-11-15-7-5-6-13(3)8-9-16-14(4)19(21)23-17(16)10-15/h6,10,12,16-17H,4-5,7-9,11H2,1-3H3. The number of carbonyl (C=O) groups is 2. The number of rotatable bonds is 3. The molecule has 23 heavy (non-hydrogen) atoms. The van der Waals surface area contributed by atoms with E-state index in [-0.39, 0.29) is 36.5 Å². The molecule has 0 spiro atoms. The van der Waals surface area contributed by atoms with Crippen LogP contribution in [0, 0.1) is 11.8 Å². The average molecular weight is 318 g/mol. The number of hydrogen-bond acceptors (Lipinski definition) is 4. The minimum absolute atomic E-state index is 0.0137. The van der Waals surface area contributed by atoms with Gasteiger partial charge in [0.15, 0.2) is 0 Å². The van der Waals surface area contributed by atoms with Crippen molar-refractivity contribution in [3.63, 3.8) is 0 Å². The molecule has 0 aromatic heterocycles. The molecule has 0 amide bonds. The maximum atomic E-state index is 11.8. The molecule has 1 heterocycles. The molecular weight excluding hydrogens is 292 g/mol. The summed E-state index contributed by atoms with van der Waals surface area (Å²) in [5, 5.41) is 0. The number of hydrogen-bond donors (Lipinski definition) is 0. The molecule has 0 bridgehead atoms. The van der Waals surface area contributed by atoms with Gasteiger partial charge in [-0.15, -0.1) is 0 Å². The second kappa shape index (κ2) is 7.62. The van der Waals surface area contributed by atoms with Gasteiger partial charge in [-0.05, 0) is 44.3 Å². The predicted molar refractivity (Wildman–Crippen MR) is 88.6 cm³/mol. The molecule has 1 saturated heterocycles. The van der Waals surface area contributed by atoms with Crippen LogP contribution in [0.3, 0.4) is 0 Å². The highest BCUT2D eigenvalue weighted by atomic mass is 16.6. The summed E-state index contributed by atoms with van der Waals surface area (Å²) in [7, 11) is 0. The maximum Gasteiger partial charge on any atom is 0.334 e. The number of ether oxygens (including phenoxy) is 2. The van der Waals surface area contributed by atoms with Crippen molar-refractivity contribution < 1.29 is 19.1 Å². The van der Waals surface area contributed by atoms with Crippen LogP contribution in [0.5, 0.6) is 0 Å². The van der Waals surface area contributed by atoms with E-state index in [4.69, 9.17) is 9.47 Å². The SMILES string of the molecule is C=C1C(=O)OC2C=C(COC(=O)C(C)C)CCC=C(C)CCC12. The molecule has 2 unspecified atom stereocenters. The topological polar surface area (TPSA) is 52.6 Å². The van der Waals surface area contributed by atoms with Crippen LogP contribution in [0.4, 0.5) is 0 Å². The summed E-state index contributed by atoms with van der Waals surface area (Å²) in [6, 6.07) is 0. The molecule has 2 atom stereocenters. The fourth-order valence-electron chi connectivity index (χ4n) is 2.88. The molecule has 1 aliphatic heterocycles. The van der Waals surface area contributed by atoms with Gasteiger partial charge in [-0.25, -0.2) is 4.79 Å². The Bertz CT molecular complexity index is 554. The molecule has 0 radical (unpaired) electrons. The summed E-state index contributed by atoms with van der Waals surface area (Å²) < 4.78 is 10.8. The monoisotopic (exact) mass is 318 g/mol. The molecular formula is C19H26O4. The Morgan fingerprint density at radius 3 is 2.87 bits per heavy atom. The highest BCUT2D eigenvalue weighted by Gasteiger charge is 2.37. The first kappa shape index (κ1) is 17.5. The van der Waals surface area contributed by atoms with Crippen LogP contribution >= 0.6 is 0 Å². The Kier molecular flexibility index (Phi) is 5.80. The zero-order valence-electron chi connectivity index (χ0n) is 14.3. The zero-order chi connectivity index (χ0) is 17.0. The van der Waals surface area contributed by atoms with E-state index in [0.717, 1.165) is 31.3 Å². The zero-order valence-corrected chi connectivity index (χ0v) is 14.3. The third-order valence-corrected chi connectivity index (χ3v) is 4.43. The van der Waals surface area contributed by atoms with E-state index >= 15 is 0 Å². The van der Waals surface area contributed by atoms with Crippen LogP contribution in [0.25, 0.3) is 0 Å². The van der Waals surface area contributed by atoms with E-state index in [1.807, 2.05) is 19.9 Å². The van der Waals surface area contributed by atoms with Crippen molar-refractivity contribution in [2.75, 3.05) is 6.61 Å². The van der Waals surface area contributed by atoms with Crippen molar-refractivity contribution in [1.29, 1.82) is 0 Å². The molecule has 0 aromatic carbocycles. The second-order valence-corrected chi connectivity index (χ2v) is 6.72. The third-order valence-electron chi connectivity index (χ3n) is 4.43. The second-order valence-electron chi connectivity index (χ2n) is 6.72. The minimum atomic E-state index is -0.310. The fourth-order valence-corrected chi connectivity index (χ4v) is 2.88. The number of allylic oxidation sites excluding steroid dienone is 2. The van der Waals surface area contributed by atoms with Gasteiger partial charge in [0.2, 0.25) is 0 Å². The molecule has 0 aromatic rings. The summed E-state index contributed by atoms with van der Waals surface area (Å²) in [6.07, 6.45) is 7.41. The molecule has 4 heteroatoms. The van der Waals surface area contributed by atoms with Crippen molar-refractivity contribution >= 4 is 11.9 Å². The van der Waals surface area contributed by atoms with Gasteiger partial charge in [-0.1, -0.05) is 32.1 Å². The van der Waals surface area contributed by atoms with Gasteiger partial charge < -0.3 is 9.47 Å². The van der Waals surface area contributed by atoms with E-state index in [1.165, 1.54) is 5.57 Å². The van der Waals surface area contributed by atoms with Crippen molar-refractivity contribution in [2.24, 2.45) is 11.8 Å². The summed E-state index contributed by atoms with van der Waals surface area (Å²) in [4.78, 5) is 23.5. The Hall–Kier alpha value is -1.84. The van der Waals surface area contributed by atoms with E-state index in [9.17, 15) is 9.59 Å². The van der Waals surface area contributed by atoms with Crippen molar-refractivity contribution in [3.8, 4) is 0 Å². The first-order chi connectivity index (χ1) is 10.9. The van der Waals surface area contributed by atoms with Gasteiger partial charge in [-0.3, -0.25) is 4.79 Å². The smallest absolute Gasteiger partial charge is 0.334 e. The van der Waals surface area contributed by atoms with Gasteiger partial charge in [-0.2, -0.15) is 0 Å². The van der Waals surface area contributed by atoms with Gasteiger partial charge in [0.25, 0.3) is 0 Å². The summed E-state index contributed by atoms with van der Waals surface area (Å²) in [5.74, 6) is -0.649. The van der Waals surface area contributed by atoms with Crippen LogP contribution in [0.15, 0.2) is 35.5 Å². The number of esters is 2. The maximum absolute atomic E-state index is 11.8. The van der Waals surface area contributed by atoms with E-state index in [0.29, 0.717) is 5.57 Å². The van der Waals surface area contributed by atoms with Crippen molar-refractivity contribution in [2.45, 2.75) is 52.6 Å². The first-order valence-corrected chi connectivity index (χ1v) is 8.30. The van der Waals surface area contributed by atoms with Crippen molar-refractivity contribution in [1.82, 2.24) is 0 Å². The molecule has 2 rings (SSSR count). The highest BCUT2D eigenvalue weighted by Crippen LogP contribution is 2.34. The summed E-state index contributed by atoms with van der Waals surface area (Å²) in [5.41, 5.74) is 2.87. The average Bonchev–Trinajstić information content (AvgIpc) is 2.76. The normalized spacial score (nSPS) is 25.4. The van der Waals surface area contributed by atoms with Crippen LogP contribution in [0.2, 0.25) is 0 Å². The first-order valence-electron chi connectivity index (χ1n) is 8.30. The van der Waals surface area contributed by atoms with Crippen LogP contribution < -0.4 is 0 Å². The lowest BCUT2D eigenvalue weighted by Gasteiger charge is -2.18. The van der Waals surface area contributed by atoms with E-state index < -0.39 is 0 Å². The van der Waals surface area contributed by atoms with E-state index in [1.54, 1.807) is 0 Å². The van der Waals surface area contributed by atoms with Crippen LogP contribution in [-0.4, -0.2) is 24.6 Å². The van der Waals surface area contributed by atoms with E-state index in [2.05, 4.69) is 19.6 Å². The lowest BCUT2D eigenvalue weighted by atomic mass is 9.88. The lowest BCUT2D eigenvalue weighted by Crippen LogP contribution is -2.18. The van der Waals surface area contributed by atoms with Gasteiger partial charge in [0.05, 0.1) is 5.92 Å². The lowest BCUT2D eigenvalue weighted by molar-refractivity contribution is -0.146. The van der Waals surface area contributed by atoms with Crippen molar-refractivity contribution in [3.05, 3.63) is 35.5 Å². The predicted octanol–water partition coefficient (Wildman–Crippen LogP) is 3.73. The quantitative estimate of drug-likeness (QED) is 0.452. The molecule has 2 aliphatic rings. The molecule has 1 aliphatic carbocycles. The molecule has 126 valence electrons. The molecule has 0 saturated carbocycles. The van der Waals surface area contributed by atoms with Gasteiger partial charge >= 0.3 is 11.9 Å². The number of fused-ring (bicyclic) bond motifs is 1. The Morgan fingerprint density at radius 2 is 2.17 bits per heavy atom. The number of carbonyl (C=O) groups excluding carboxylic acids is 2. The van der Waals surface area contributed by atoms with Gasteiger partial charge in [0, 0.05) is 11.5 Å². The molecule has 4 nitrogen and oxygen atoms in total. The fraction of sp³-hybridized carbons (Fsp3) is 0.579. The third kappa shape index (κ3) is 4.57. The summed E-state index contributed by atoms with van der Waals surface area (Å²) in [6.45, 7) is 9.88. The molecule has 0 N–H and O–H groups in total. The summed E-state index contributed by atoms with van der Waals surface area (Å²) >= 11 is 0. The van der Waals surface area contributed by atoms with Gasteiger partial charge in [0.1, 0.15) is 12.7 Å². The molecule has 1 fully saturated rings. The Labute approximate surface area is 138 Å². The van der Waals surface area contributed by atoms with Crippen LogP contribution in [-0.2, 0) is 19.1 Å².